The van der Waals surface area contributed by atoms with Gasteiger partial charge in [0.2, 0.25) is 0 Å². The number of aromatic nitrogens is 3. The highest BCUT2D eigenvalue weighted by Gasteiger charge is 2.34. The lowest BCUT2D eigenvalue weighted by Gasteiger charge is -2.12. The van der Waals surface area contributed by atoms with Gasteiger partial charge in [0.05, 0.1) is 28.5 Å². The molecule has 3 heterocycles. The van der Waals surface area contributed by atoms with E-state index in [9.17, 15) is 22.4 Å². The van der Waals surface area contributed by atoms with Gasteiger partial charge in [-0.25, -0.2) is 9.07 Å². The molecule has 4 rings (SSSR count). The zero-order chi connectivity index (χ0) is 19.5. The quantitative estimate of drug-likeness (QED) is 0.470. The van der Waals surface area contributed by atoms with Crippen LogP contribution in [0.25, 0.3) is 21.1 Å². The molecule has 140 valence electrons. The molecule has 0 fully saturated rings. The van der Waals surface area contributed by atoms with Crippen LogP contribution in [0, 0.1) is 12.7 Å². The Morgan fingerprint density at radius 1 is 1.26 bits per heavy atom. The van der Waals surface area contributed by atoms with E-state index in [2.05, 4.69) is 5.10 Å². The molecule has 4 nitrogen and oxygen atoms in total. The van der Waals surface area contributed by atoms with Crippen molar-refractivity contribution in [3.05, 3.63) is 62.6 Å². The number of alkyl halides is 3. The highest BCUT2D eigenvalue weighted by molar-refractivity contribution is 7.20. The topological polar surface area (TPSA) is 39.8 Å². The Kier molecular flexibility index (Phi) is 3.88. The Balaban J connectivity index is 1.86. The van der Waals surface area contributed by atoms with Crippen LogP contribution in [-0.2, 0) is 19.8 Å². The predicted octanol–water partition coefficient (Wildman–Crippen LogP) is 4.46. The largest absolute Gasteiger partial charge is 0.419 e. The first-order chi connectivity index (χ1) is 12.7. The third-order valence-electron chi connectivity index (χ3n) is 4.50. The zero-order valence-corrected chi connectivity index (χ0v) is 15.1. The normalized spacial score (nSPS) is 12.4. The minimum Gasteiger partial charge on any atom is -0.338 e. The van der Waals surface area contributed by atoms with Crippen molar-refractivity contribution in [3.8, 4) is 0 Å². The molecule has 9 heteroatoms. The van der Waals surface area contributed by atoms with Crippen LogP contribution in [0.2, 0.25) is 0 Å². The van der Waals surface area contributed by atoms with Crippen molar-refractivity contribution in [3.63, 3.8) is 0 Å². The second-order valence-electron chi connectivity index (χ2n) is 6.28. The fourth-order valence-corrected chi connectivity index (χ4v) is 4.28. The summed E-state index contributed by atoms with van der Waals surface area (Å²) in [6.45, 7) is 1.57. The summed E-state index contributed by atoms with van der Waals surface area (Å²) in [5.74, 6) is -1.39. The lowest BCUT2D eigenvalue weighted by molar-refractivity contribution is -0.140. The first kappa shape index (κ1) is 17.7. The molecule has 0 atom stereocenters. The molecule has 0 bridgehead atoms. The molecule has 0 amide bonds. The van der Waals surface area contributed by atoms with E-state index in [-0.39, 0.29) is 12.1 Å². The van der Waals surface area contributed by atoms with Gasteiger partial charge in [-0.05, 0) is 19.1 Å². The number of aryl methyl sites for hydroxylation is 2. The van der Waals surface area contributed by atoms with Crippen LogP contribution in [-0.4, -0.2) is 14.3 Å². The molecule has 1 aromatic carbocycles. The standard InChI is InChI=1S/C18H13F4N3OS/c1-9-6-13-16(27-9)11-7-23-25(17(26)15(11)24(13)2)8-10-4-3-5-12(14(10)19)18(20,21)22/h3-7H,8H2,1-2H3. The Labute approximate surface area is 154 Å². The first-order valence-electron chi connectivity index (χ1n) is 7.97. The van der Waals surface area contributed by atoms with Gasteiger partial charge in [0.25, 0.3) is 5.56 Å². The molecular weight excluding hydrogens is 382 g/mol. The third kappa shape index (κ3) is 2.73. The lowest BCUT2D eigenvalue weighted by Crippen LogP contribution is -2.25. The summed E-state index contributed by atoms with van der Waals surface area (Å²) in [6, 6.07) is 4.96. The summed E-state index contributed by atoms with van der Waals surface area (Å²) in [5, 5.41) is 4.73. The van der Waals surface area contributed by atoms with E-state index >= 15 is 0 Å². The molecule has 0 saturated heterocycles. The van der Waals surface area contributed by atoms with Gasteiger partial charge in [-0.3, -0.25) is 4.79 Å². The number of rotatable bonds is 2. The smallest absolute Gasteiger partial charge is 0.338 e. The van der Waals surface area contributed by atoms with Crippen molar-refractivity contribution >= 4 is 32.5 Å². The fraction of sp³-hybridized carbons (Fsp3) is 0.222. The van der Waals surface area contributed by atoms with E-state index in [1.54, 1.807) is 11.6 Å². The van der Waals surface area contributed by atoms with Crippen molar-refractivity contribution in [1.29, 1.82) is 0 Å². The summed E-state index contributed by atoms with van der Waals surface area (Å²) in [4.78, 5) is 13.9. The highest BCUT2D eigenvalue weighted by atomic mass is 32.1. The molecule has 3 aromatic heterocycles. The molecule has 0 unspecified atom stereocenters. The maximum absolute atomic E-state index is 14.3. The van der Waals surface area contributed by atoms with E-state index in [1.807, 2.05) is 13.0 Å². The van der Waals surface area contributed by atoms with Crippen molar-refractivity contribution in [1.82, 2.24) is 14.3 Å². The van der Waals surface area contributed by atoms with E-state index in [1.165, 1.54) is 23.6 Å². The molecule has 0 saturated carbocycles. The number of fused-ring (bicyclic) bond motifs is 3. The summed E-state index contributed by atoms with van der Waals surface area (Å²) in [7, 11) is 1.74. The lowest BCUT2D eigenvalue weighted by atomic mass is 10.1. The van der Waals surface area contributed by atoms with Gasteiger partial charge in [-0.15, -0.1) is 11.3 Å². The van der Waals surface area contributed by atoms with Crippen LogP contribution in [0.4, 0.5) is 17.6 Å². The minimum atomic E-state index is -4.80. The highest BCUT2D eigenvalue weighted by Crippen LogP contribution is 2.34. The van der Waals surface area contributed by atoms with E-state index in [0.29, 0.717) is 17.0 Å². The predicted molar refractivity (Wildman–Crippen MR) is 95.6 cm³/mol. The van der Waals surface area contributed by atoms with E-state index in [4.69, 9.17) is 0 Å². The van der Waals surface area contributed by atoms with Gasteiger partial charge in [0.1, 0.15) is 11.3 Å². The van der Waals surface area contributed by atoms with Crippen LogP contribution in [0.5, 0.6) is 0 Å². The van der Waals surface area contributed by atoms with Crippen LogP contribution in [0.3, 0.4) is 0 Å². The van der Waals surface area contributed by atoms with Gasteiger partial charge in [0, 0.05) is 22.9 Å². The van der Waals surface area contributed by atoms with Crippen LogP contribution in [0.1, 0.15) is 16.0 Å². The second-order valence-corrected chi connectivity index (χ2v) is 7.53. The van der Waals surface area contributed by atoms with Gasteiger partial charge < -0.3 is 4.57 Å². The molecule has 0 aliphatic rings. The molecule has 0 aliphatic carbocycles. The van der Waals surface area contributed by atoms with Crippen molar-refractivity contribution in [2.45, 2.75) is 19.6 Å². The Bertz CT molecular complexity index is 1250. The maximum atomic E-state index is 14.3. The molecular formula is C18H13F4N3OS. The maximum Gasteiger partial charge on any atom is 0.419 e. The average Bonchev–Trinajstić information content (AvgIpc) is 3.08. The Hall–Kier alpha value is -2.68. The molecule has 0 aliphatic heterocycles. The summed E-state index contributed by atoms with van der Waals surface area (Å²) in [6.07, 6.45) is -3.30. The molecule has 4 aromatic rings. The Morgan fingerprint density at radius 3 is 2.70 bits per heavy atom. The number of nitrogens with zero attached hydrogens (tertiary/aromatic N) is 3. The average molecular weight is 395 g/mol. The molecule has 0 radical (unpaired) electrons. The fourth-order valence-electron chi connectivity index (χ4n) is 3.23. The van der Waals surface area contributed by atoms with Gasteiger partial charge in [0.15, 0.2) is 0 Å². The number of hydrogen-bond acceptors (Lipinski definition) is 3. The molecule has 27 heavy (non-hydrogen) atoms. The summed E-state index contributed by atoms with van der Waals surface area (Å²) >= 11 is 1.53. The first-order valence-corrected chi connectivity index (χ1v) is 8.79. The van der Waals surface area contributed by atoms with Gasteiger partial charge in [-0.1, -0.05) is 12.1 Å². The molecule has 0 N–H and O–H groups in total. The van der Waals surface area contributed by atoms with Crippen molar-refractivity contribution < 1.29 is 17.6 Å². The Morgan fingerprint density at radius 2 is 2.00 bits per heavy atom. The van der Waals surface area contributed by atoms with Crippen LogP contribution < -0.4 is 5.56 Å². The number of halogens is 4. The number of benzene rings is 1. The van der Waals surface area contributed by atoms with E-state index < -0.39 is 23.1 Å². The SMILES string of the molecule is Cc1cc2c(s1)c1cnn(Cc3cccc(C(F)(F)F)c3F)c(=O)c1n2C. The monoisotopic (exact) mass is 395 g/mol. The summed E-state index contributed by atoms with van der Waals surface area (Å²) < 4.78 is 56.6. The van der Waals surface area contributed by atoms with Gasteiger partial charge >= 0.3 is 6.18 Å². The molecule has 0 spiro atoms. The van der Waals surface area contributed by atoms with Crippen LogP contribution >= 0.6 is 11.3 Å². The van der Waals surface area contributed by atoms with Crippen molar-refractivity contribution in [2.75, 3.05) is 0 Å². The third-order valence-corrected chi connectivity index (χ3v) is 5.57. The van der Waals surface area contributed by atoms with Crippen molar-refractivity contribution in [2.24, 2.45) is 7.05 Å². The minimum absolute atomic E-state index is 0.245. The number of hydrogen-bond donors (Lipinski definition) is 0. The van der Waals surface area contributed by atoms with E-state index in [0.717, 1.165) is 25.8 Å². The zero-order valence-electron chi connectivity index (χ0n) is 14.3. The van der Waals surface area contributed by atoms with Gasteiger partial charge in [-0.2, -0.15) is 18.3 Å². The summed E-state index contributed by atoms with van der Waals surface area (Å²) in [5.41, 5.74) is -0.810. The van der Waals surface area contributed by atoms with Crippen LogP contribution in [0.15, 0.2) is 35.3 Å². The number of thiophene rings is 1. The second kappa shape index (κ2) is 5.91.